The van der Waals surface area contributed by atoms with Crippen molar-refractivity contribution < 1.29 is 22.3 Å². The van der Waals surface area contributed by atoms with Crippen molar-refractivity contribution in [3.63, 3.8) is 0 Å². The molecule has 0 fully saturated rings. The smallest absolute Gasteiger partial charge is 0.243 e. The molecule has 2 rings (SSSR count). The summed E-state index contributed by atoms with van der Waals surface area (Å²) in [6.07, 6.45) is 4.04. The Labute approximate surface area is 140 Å². The number of rotatable bonds is 8. The second-order valence-electron chi connectivity index (χ2n) is 5.06. The first-order valence-electron chi connectivity index (χ1n) is 7.28. The number of benzene rings is 1. The Morgan fingerprint density at radius 1 is 1.25 bits per heavy atom. The zero-order valence-corrected chi connectivity index (χ0v) is 14.6. The van der Waals surface area contributed by atoms with Crippen LogP contribution in [-0.4, -0.2) is 38.7 Å². The van der Waals surface area contributed by atoms with E-state index in [0.717, 1.165) is 18.0 Å². The van der Waals surface area contributed by atoms with Gasteiger partial charge < -0.3 is 14.0 Å². The maximum absolute atomic E-state index is 14.1. The van der Waals surface area contributed by atoms with Crippen molar-refractivity contribution in [2.45, 2.75) is 24.8 Å². The Morgan fingerprint density at radius 2 is 1.92 bits per heavy atom. The van der Waals surface area contributed by atoms with Gasteiger partial charge in [0.2, 0.25) is 10.0 Å². The minimum atomic E-state index is -3.99. The SMILES string of the molecule is COc1cc(F)c(S(=O)(=O)NCCCn2ccnc2C)cc1OC. The summed E-state index contributed by atoms with van der Waals surface area (Å²) in [5.74, 6) is 0.229. The number of imidazole rings is 1. The zero-order chi connectivity index (χ0) is 17.7. The molecule has 1 aromatic carbocycles. The predicted octanol–water partition coefficient (Wildman–Crippen LogP) is 1.72. The van der Waals surface area contributed by atoms with Crippen molar-refractivity contribution in [1.29, 1.82) is 0 Å². The molecule has 0 amide bonds. The fraction of sp³-hybridized carbons (Fsp3) is 0.400. The van der Waals surface area contributed by atoms with E-state index in [1.54, 1.807) is 6.20 Å². The van der Waals surface area contributed by atoms with Crippen molar-refractivity contribution in [3.8, 4) is 11.5 Å². The van der Waals surface area contributed by atoms with Crippen LogP contribution in [0.25, 0.3) is 0 Å². The summed E-state index contributed by atoms with van der Waals surface area (Å²) in [7, 11) is -1.28. The molecule has 9 heteroatoms. The molecular formula is C15H20FN3O4S. The molecule has 0 aliphatic rings. The Morgan fingerprint density at radius 3 is 2.50 bits per heavy atom. The summed E-state index contributed by atoms with van der Waals surface area (Å²) >= 11 is 0. The summed E-state index contributed by atoms with van der Waals surface area (Å²) in [6.45, 7) is 2.65. The van der Waals surface area contributed by atoms with E-state index in [1.165, 1.54) is 14.2 Å². The highest BCUT2D eigenvalue weighted by Gasteiger charge is 2.22. The lowest BCUT2D eigenvalue weighted by Gasteiger charge is -2.12. The summed E-state index contributed by atoms with van der Waals surface area (Å²) in [5, 5.41) is 0. The fourth-order valence-electron chi connectivity index (χ4n) is 2.22. The van der Waals surface area contributed by atoms with Crippen LogP contribution in [0, 0.1) is 12.7 Å². The summed E-state index contributed by atoms with van der Waals surface area (Å²) in [6, 6.07) is 2.10. The number of methoxy groups -OCH3 is 2. The van der Waals surface area contributed by atoms with Gasteiger partial charge in [-0.2, -0.15) is 0 Å². The second-order valence-corrected chi connectivity index (χ2v) is 6.79. The van der Waals surface area contributed by atoms with Crippen LogP contribution in [0.15, 0.2) is 29.4 Å². The average Bonchev–Trinajstić information content (AvgIpc) is 2.96. The number of hydrogen-bond donors (Lipinski definition) is 1. The number of nitrogens with zero attached hydrogens (tertiary/aromatic N) is 2. The first-order chi connectivity index (χ1) is 11.4. The molecule has 1 N–H and O–H groups in total. The van der Waals surface area contributed by atoms with E-state index < -0.39 is 20.7 Å². The van der Waals surface area contributed by atoms with Gasteiger partial charge in [0.15, 0.2) is 11.5 Å². The van der Waals surface area contributed by atoms with Gasteiger partial charge in [-0.05, 0) is 13.3 Å². The number of hydrogen-bond acceptors (Lipinski definition) is 5. The normalized spacial score (nSPS) is 11.5. The van der Waals surface area contributed by atoms with Crippen LogP contribution >= 0.6 is 0 Å². The van der Waals surface area contributed by atoms with E-state index in [1.807, 2.05) is 17.7 Å². The molecule has 0 atom stereocenters. The molecule has 132 valence electrons. The Kier molecular flexibility index (Phi) is 5.79. The quantitative estimate of drug-likeness (QED) is 0.728. The lowest BCUT2D eigenvalue weighted by atomic mass is 10.3. The van der Waals surface area contributed by atoms with Gasteiger partial charge in [-0.25, -0.2) is 22.5 Å². The van der Waals surface area contributed by atoms with E-state index in [4.69, 9.17) is 9.47 Å². The van der Waals surface area contributed by atoms with Gasteiger partial charge in [0.05, 0.1) is 14.2 Å². The van der Waals surface area contributed by atoms with Crippen LogP contribution in [-0.2, 0) is 16.6 Å². The van der Waals surface area contributed by atoms with Gasteiger partial charge in [0, 0.05) is 37.6 Å². The third kappa shape index (κ3) is 4.04. The molecule has 0 aliphatic heterocycles. The van der Waals surface area contributed by atoms with Gasteiger partial charge in [-0.1, -0.05) is 0 Å². The van der Waals surface area contributed by atoms with E-state index in [-0.39, 0.29) is 18.0 Å². The number of aromatic nitrogens is 2. The maximum Gasteiger partial charge on any atom is 0.243 e. The van der Waals surface area contributed by atoms with Crippen molar-refractivity contribution in [2.24, 2.45) is 0 Å². The van der Waals surface area contributed by atoms with Gasteiger partial charge in [-0.3, -0.25) is 0 Å². The largest absolute Gasteiger partial charge is 0.493 e. The van der Waals surface area contributed by atoms with Gasteiger partial charge in [0.25, 0.3) is 0 Å². The standard InChI is InChI=1S/C15H20FN3O4S/c1-11-17-6-8-19(11)7-4-5-18-24(20,21)15-10-14(23-3)13(22-2)9-12(15)16/h6,8-10,18H,4-5,7H2,1-3H3. The minimum Gasteiger partial charge on any atom is -0.493 e. The zero-order valence-electron chi connectivity index (χ0n) is 13.7. The van der Waals surface area contributed by atoms with E-state index in [9.17, 15) is 12.8 Å². The van der Waals surface area contributed by atoms with E-state index in [0.29, 0.717) is 13.0 Å². The van der Waals surface area contributed by atoms with Gasteiger partial charge in [-0.15, -0.1) is 0 Å². The molecule has 0 spiro atoms. The molecule has 2 aromatic rings. The van der Waals surface area contributed by atoms with Crippen LogP contribution < -0.4 is 14.2 Å². The minimum absolute atomic E-state index is 0.129. The molecular weight excluding hydrogens is 337 g/mol. The maximum atomic E-state index is 14.1. The molecule has 0 radical (unpaired) electrons. The third-order valence-corrected chi connectivity index (χ3v) is 5.00. The highest BCUT2D eigenvalue weighted by molar-refractivity contribution is 7.89. The molecule has 0 aliphatic carbocycles. The first kappa shape index (κ1) is 18.2. The molecule has 1 aromatic heterocycles. The summed E-state index contributed by atoms with van der Waals surface area (Å²) in [5.41, 5.74) is 0. The highest BCUT2D eigenvalue weighted by Crippen LogP contribution is 2.31. The summed E-state index contributed by atoms with van der Waals surface area (Å²) in [4.78, 5) is 3.61. The van der Waals surface area contributed by atoms with Crippen molar-refractivity contribution >= 4 is 10.0 Å². The Hall–Kier alpha value is -2.13. The van der Waals surface area contributed by atoms with Crippen molar-refractivity contribution in [2.75, 3.05) is 20.8 Å². The number of aryl methyl sites for hydroxylation is 2. The van der Waals surface area contributed by atoms with Gasteiger partial charge in [0.1, 0.15) is 16.5 Å². The molecule has 0 unspecified atom stereocenters. The van der Waals surface area contributed by atoms with Crippen molar-refractivity contribution in [1.82, 2.24) is 14.3 Å². The van der Waals surface area contributed by atoms with Crippen LogP contribution in [0.3, 0.4) is 0 Å². The fourth-order valence-corrected chi connectivity index (χ4v) is 3.36. The van der Waals surface area contributed by atoms with Gasteiger partial charge >= 0.3 is 0 Å². The van der Waals surface area contributed by atoms with Crippen LogP contribution in [0.2, 0.25) is 0 Å². The van der Waals surface area contributed by atoms with E-state index >= 15 is 0 Å². The Bertz CT molecular complexity index is 805. The Balaban J connectivity index is 2.06. The molecule has 0 saturated carbocycles. The average molecular weight is 357 g/mol. The number of ether oxygens (including phenoxy) is 2. The predicted molar refractivity (Wildman–Crippen MR) is 86.3 cm³/mol. The van der Waals surface area contributed by atoms with Crippen LogP contribution in [0.4, 0.5) is 4.39 Å². The first-order valence-corrected chi connectivity index (χ1v) is 8.76. The van der Waals surface area contributed by atoms with Crippen LogP contribution in [0.5, 0.6) is 11.5 Å². The number of halogens is 1. The third-order valence-electron chi connectivity index (χ3n) is 3.52. The lowest BCUT2D eigenvalue weighted by molar-refractivity contribution is 0.350. The number of nitrogens with one attached hydrogen (secondary N) is 1. The monoisotopic (exact) mass is 357 g/mol. The molecule has 1 heterocycles. The highest BCUT2D eigenvalue weighted by atomic mass is 32.2. The topological polar surface area (TPSA) is 82.5 Å². The summed E-state index contributed by atoms with van der Waals surface area (Å²) < 4.78 is 52.9. The molecule has 0 bridgehead atoms. The van der Waals surface area contributed by atoms with E-state index in [2.05, 4.69) is 9.71 Å². The second kappa shape index (κ2) is 7.63. The molecule has 0 saturated heterocycles. The number of sulfonamides is 1. The van der Waals surface area contributed by atoms with Crippen LogP contribution in [0.1, 0.15) is 12.2 Å². The van der Waals surface area contributed by atoms with Crippen molar-refractivity contribution in [3.05, 3.63) is 36.2 Å². The molecule has 7 nitrogen and oxygen atoms in total. The molecule has 24 heavy (non-hydrogen) atoms. The lowest BCUT2D eigenvalue weighted by Crippen LogP contribution is -2.26.